The molecule has 0 aromatic heterocycles. The van der Waals surface area contributed by atoms with Gasteiger partial charge in [-0.3, -0.25) is 0 Å². The molecule has 0 aliphatic rings. The van der Waals surface area contributed by atoms with Crippen LogP contribution in [0.1, 0.15) is 11.1 Å². The van der Waals surface area contributed by atoms with Crippen LogP contribution in [0.25, 0.3) is 12.2 Å². The number of para-hydroxylation sites is 1. The lowest BCUT2D eigenvalue weighted by molar-refractivity contribution is 0.516. The number of benzene rings is 3. The first-order valence-electron chi connectivity index (χ1n) is 7.58. The van der Waals surface area contributed by atoms with Crippen LogP contribution < -0.4 is 9.05 Å². The van der Waals surface area contributed by atoms with Crippen LogP contribution in [-0.2, 0) is 0 Å². The van der Waals surface area contributed by atoms with Gasteiger partial charge >= 0.3 is 0 Å². The molecule has 1 atom stereocenters. The fourth-order valence-electron chi connectivity index (χ4n) is 2.09. The lowest BCUT2D eigenvalue weighted by Gasteiger charge is -2.07. The minimum Gasteiger partial charge on any atom is -0.441 e. The van der Waals surface area contributed by atoms with E-state index in [1.165, 1.54) is 6.07 Å². The molecule has 0 N–H and O–H groups in total. The summed E-state index contributed by atoms with van der Waals surface area (Å²) < 4.78 is 24.9. The zero-order valence-corrected chi connectivity index (χ0v) is 14.9. The van der Waals surface area contributed by atoms with Gasteiger partial charge in [0.05, 0.1) is 5.02 Å². The SMILES string of the molecule is Fc1c(Cl)cccc1/C=C/c1ccc(OPOc2ccccc2)cc1. The van der Waals surface area contributed by atoms with E-state index in [0.717, 1.165) is 11.3 Å². The maximum atomic E-state index is 13.8. The van der Waals surface area contributed by atoms with Crippen molar-refractivity contribution in [2.24, 2.45) is 0 Å². The van der Waals surface area contributed by atoms with Gasteiger partial charge in [0.2, 0.25) is 0 Å². The second-order valence-corrected chi connectivity index (χ2v) is 6.13. The molecule has 0 aliphatic carbocycles. The lowest BCUT2D eigenvalue weighted by atomic mass is 10.1. The topological polar surface area (TPSA) is 18.5 Å². The first kappa shape index (κ1) is 17.5. The Morgan fingerprint density at radius 3 is 2.16 bits per heavy atom. The number of hydrogen-bond donors (Lipinski definition) is 0. The third kappa shape index (κ3) is 5.06. The van der Waals surface area contributed by atoms with Crippen molar-refractivity contribution in [2.75, 3.05) is 0 Å². The van der Waals surface area contributed by atoms with E-state index in [0.29, 0.717) is 11.3 Å². The zero-order valence-electron chi connectivity index (χ0n) is 13.2. The van der Waals surface area contributed by atoms with Crippen molar-refractivity contribution >= 4 is 32.8 Å². The van der Waals surface area contributed by atoms with E-state index in [-0.39, 0.29) is 14.1 Å². The molecule has 0 aliphatic heterocycles. The highest BCUT2D eigenvalue weighted by Crippen LogP contribution is 2.25. The molecule has 0 radical (unpaired) electrons. The summed E-state index contributed by atoms with van der Waals surface area (Å²) in [6.07, 6.45) is 3.51. The third-order valence-electron chi connectivity index (χ3n) is 3.38. The van der Waals surface area contributed by atoms with Crippen molar-refractivity contribution in [3.05, 3.63) is 94.8 Å². The van der Waals surface area contributed by atoms with Gasteiger partial charge in [0.15, 0.2) is 0 Å². The summed E-state index contributed by atoms with van der Waals surface area (Å²) in [5.74, 6) is 1.06. The molecule has 0 amide bonds. The van der Waals surface area contributed by atoms with Crippen LogP contribution in [0.4, 0.5) is 4.39 Å². The van der Waals surface area contributed by atoms with E-state index in [1.54, 1.807) is 18.2 Å². The van der Waals surface area contributed by atoms with Crippen LogP contribution in [0.5, 0.6) is 11.5 Å². The van der Waals surface area contributed by atoms with Crippen LogP contribution in [0.2, 0.25) is 5.02 Å². The fraction of sp³-hybridized carbons (Fsp3) is 0. The van der Waals surface area contributed by atoms with E-state index in [2.05, 4.69) is 0 Å². The predicted octanol–water partition coefficient (Wildman–Crippen LogP) is 6.62. The van der Waals surface area contributed by atoms with E-state index < -0.39 is 5.82 Å². The van der Waals surface area contributed by atoms with Gasteiger partial charge in [0, 0.05) is 5.56 Å². The average molecular weight is 373 g/mol. The molecule has 25 heavy (non-hydrogen) atoms. The van der Waals surface area contributed by atoms with E-state index in [1.807, 2.05) is 60.7 Å². The minimum atomic E-state index is -0.417. The minimum absolute atomic E-state index is 0.116. The maximum absolute atomic E-state index is 13.8. The molecule has 3 aromatic carbocycles. The Morgan fingerprint density at radius 1 is 0.760 bits per heavy atom. The predicted molar refractivity (Wildman–Crippen MR) is 103 cm³/mol. The lowest BCUT2D eigenvalue weighted by Crippen LogP contribution is -1.85. The Balaban J connectivity index is 1.57. The third-order valence-corrected chi connectivity index (χ3v) is 4.31. The second kappa shape index (κ2) is 8.66. The number of rotatable bonds is 6. The molecule has 126 valence electrons. The van der Waals surface area contributed by atoms with Gasteiger partial charge in [-0.05, 0) is 35.9 Å². The van der Waals surface area contributed by atoms with Crippen LogP contribution in [0.15, 0.2) is 72.8 Å². The standard InChI is InChI=1S/C20H15ClFO2P/c21-19-8-4-5-16(20(19)22)12-9-15-10-13-18(14-11-15)24-25-23-17-6-2-1-3-7-17/h1-14,25H/b12-9+. The Morgan fingerprint density at radius 2 is 1.44 bits per heavy atom. The molecule has 0 saturated heterocycles. The summed E-state index contributed by atoms with van der Waals surface area (Å²) in [6, 6.07) is 21.9. The Labute approximate surface area is 152 Å². The van der Waals surface area contributed by atoms with Crippen LogP contribution in [-0.4, -0.2) is 0 Å². The van der Waals surface area contributed by atoms with E-state index in [9.17, 15) is 4.39 Å². The van der Waals surface area contributed by atoms with Gasteiger partial charge in [-0.15, -0.1) is 0 Å². The average Bonchev–Trinajstić information content (AvgIpc) is 2.65. The molecule has 3 rings (SSSR count). The van der Waals surface area contributed by atoms with Crippen LogP contribution in [0, 0.1) is 5.82 Å². The highest BCUT2D eigenvalue weighted by atomic mass is 35.5. The molecule has 0 fully saturated rings. The summed E-state index contributed by atoms with van der Waals surface area (Å²) in [7, 11) is -0.123. The van der Waals surface area contributed by atoms with Crippen molar-refractivity contribution in [3.8, 4) is 11.5 Å². The molecule has 5 heteroatoms. The molecule has 3 aromatic rings. The van der Waals surface area contributed by atoms with Gasteiger partial charge in [-0.2, -0.15) is 0 Å². The van der Waals surface area contributed by atoms with E-state index in [4.69, 9.17) is 20.6 Å². The normalized spacial score (nSPS) is 11.3. The van der Waals surface area contributed by atoms with Crippen molar-refractivity contribution < 1.29 is 13.4 Å². The van der Waals surface area contributed by atoms with Crippen molar-refractivity contribution in [2.45, 2.75) is 0 Å². The molecule has 0 bridgehead atoms. The largest absolute Gasteiger partial charge is 0.441 e. The van der Waals surface area contributed by atoms with Crippen molar-refractivity contribution in [1.29, 1.82) is 0 Å². The van der Waals surface area contributed by atoms with Gasteiger partial charge < -0.3 is 9.05 Å². The highest BCUT2D eigenvalue weighted by Gasteiger charge is 2.02. The van der Waals surface area contributed by atoms with E-state index >= 15 is 0 Å². The molecule has 1 unspecified atom stereocenters. The number of hydrogen-bond acceptors (Lipinski definition) is 2. The molecule has 0 saturated carbocycles. The quantitative estimate of drug-likeness (QED) is 0.358. The molecular formula is C20H15ClFO2P. The van der Waals surface area contributed by atoms with Crippen molar-refractivity contribution in [3.63, 3.8) is 0 Å². The second-order valence-electron chi connectivity index (χ2n) is 5.15. The Hall–Kier alpha value is -2.35. The van der Waals surface area contributed by atoms with Crippen LogP contribution >= 0.6 is 20.6 Å². The summed E-state index contributed by atoms with van der Waals surface area (Å²) >= 11 is 5.77. The van der Waals surface area contributed by atoms with Gasteiger partial charge in [-0.1, -0.05) is 66.2 Å². The number of halogens is 2. The zero-order chi connectivity index (χ0) is 17.5. The first-order valence-corrected chi connectivity index (χ1v) is 8.78. The summed E-state index contributed by atoms with van der Waals surface area (Å²) in [5, 5.41) is 0.116. The van der Waals surface area contributed by atoms with Gasteiger partial charge in [0.1, 0.15) is 17.3 Å². The van der Waals surface area contributed by atoms with Gasteiger partial charge in [-0.25, -0.2) is 4.39 Å². The maximum Gasteiger partial charge on any atom is 0.275 e. The van der Waals surface area contributed by atoms with Crippen molar-refractivity contribution in [1.82, 2.24) is 0 Å². The fourth-order valence-corrected chi connectivity index (χ4v) is 2.78. The smallest absolute Gasteiger partial charge is 0.275 e. The highest BCUT2D eigenvalue weighted by molar-refractivity contribution is 7.27. The van der Waals surface area contributed by atoms with Crippen LogP contribution in [0.3, 0.4) is 0 Å². The monoisotopic (exact) mass is 372 g/mol. The first-order chi connectivity index (χ1) is 12.2. The molecular weight excluding hydrogens is 358 g/mol. The Kier molecular flexibility index (Phi) is 6.05. The van der Waals surface area contributed by atoms with Gasteiger partial charge in [0.25, 0.3) is 9.03 Å². The summed E-state index contributed by atoms with van der Waals surface area (Å²) in [4.78, 5) is 0. The molecule has 0 spiro atoms. The molecule has 0 heterocycles. The summed E-state index contributed by atoms with van der Waals surface area (Å²) in [6.45, 7) is 0. The molecule has 2 nitrogen and oxygen atoms in total. The Bertz CT molecular complexity index is 851. The summed E-state index contributed by atoms with van der Waals surface area (Å²) in [5.41, 5.74) is 1.38.